The first-order valence-electron chi connectivity index (χ1n) is 12.4. The fourth-order valence-corrected chi connectivity index (χ4v) is 4.22. The second-order valence-electron chi connectivity index (χ2n) is 10.7. The summed E-state index contributed by atoms with van der Waals surface area (Å²) < 4.78 is 41.1. The van der Waals surface area contributed by atoms with Crippen LogP contribution in [-0.2, 0) is 11.3 Å². The van der Waals surface area contributed by atoms with Crippen LogP contribution >= 0.6 is 0 Å². The number of fused-ring (bicyclic) bond motifs is 1. The van der Waals surface area contributed by atoms with Crippen LogP contribution in [0.2, 0.25) is 0 Å². The van der Waals surface area contributed by atoms with E-state index in [4.69, 9.17) is 9.47 Å². The molecule has 36 heavy (non-hydrogen) atoms. The molecule has 3 aromatic rings. The summed E-state index contributed by atoms with van der Waals surface area (Å²) in [5.74, 6) is -0.673. The highest BCUT2D eigenvalue weighted by atomic mass is 19.1. The quantitative estimate of drug-likeness (QED) is 0.414. The third kappa shape index (κ3) is 6.25. The van der Waals surface area contributed by atoms with Crippen molar-refractivity contribution in [2.24, 2.45) is 5.92 Å². The lowest BCUT2D eigenvalue weighted by Gasteiger charge is -2.34. The lowest BCUT2D eigenvalue weighted by atomic mass is 10.0. The Balaban J connectivity index is 1.57. The lowest BCUT2D eigenvalue weighted by Crippen LogP contribution is -2.44. The predicted octanol–water partition coefficient (Wildman–Crippen LogP) is 6.57. The van der Waals surface area contributed by atoms with Gasteiger partial charge in [0.25, 0.3) is 0 Å². The van der Waals surface area contributed by atoms with Gasteiger partial charge in [0, 0.05) is 37.1 Å². The number of aromatic nitrogens is 2. The van der Waals surface area contributed by atoms with E-state index < -0.39 is 17.2 Å². The average molecular weight is 501 g/mol. The van der Waals surface area contributed by atoms with E-state index in [0.29, 0.717) is 43.3 Å². The molecule has 194 valence electrons. The molecule has 9 heteroatoms. The van der Waals surface area contributed by atoms with Crippen LogP contribution in [-0.4, -0.2) is 45.5 Å². The first kappa shape index (κ1) is 25.7. The highest BCUT2D eigenvalue weighted by Gasteiger charge is 2.27. The molecule has 1 aromatic heterocycles. The van der Waals surface area contributed by atoms with Crippen LogP contribution in [0.1, 0.15) is 47.5 Å². The molecule has 0 unspecified atom stereocenters. The van der Waals surface area contributed by atoms with E-state index in [-0.39, 0.29) is 17.9 Å². The van der Waals surface area contributed by atoms with E-state index in [0.717, 1.165) is 29.6 Å². The number of piperidine rings is 1. The number of amides is 1. The molecule has 0 spiro atoms. The molecule has 1 amide bonds. The van der Waals surface area contributed by atoms with Crippen molar-refractivity contribution in [2.75, 3.05) is 18.4 Å². The van der Waals surface area contributed by atoms with Gasteiger partial charge in [-0.15, -0.1) is 0 Å². The average Bonchev–Trinajstić information content (AvgIpc) is 3.16. The molecule has 2 aromatic carbocycles. The smallest absolute Gasteiger partial charge is 0.410 e. The highest BCUT2D eigenvalue weighted by molar-refractivity contribution is 5.86. The summed E-state index contributed by atoms with van der Waals surface area (Å²) in [6.07, 6.45) is 2.88. The summed E-state index contributed by atoms with van der Waals surface area (Å²) in [5.41, 5.74) is 1.08. The van der Waals surface area contributed by atoms with Gasteiger partial charge in [-0.25, -0.2) is 13.6 Å². The molecule has 0 radical (unpaired) electrons. The number of hydrogen-bond donors (Lipinski definition) is 1. The molecule has 7 nitrogen and oxygen atoms in total. The summed E-state index contributed by atoms with van der Waals surface area (Å²) in [4.78, 5) is 14.1. The van der Waals surface area contributed by atoms with Crippen molar-refractivity contribution in [1.29, 1.82) is 0 Å². The standard InChI is InChI=1S/C27H34F2N4O3/c1-17(2)16-33-23-14-22(31-20-8-10-32(11-9-20)26(34)36-27(3,4)5)25(12-18(23)15-30-33)35-24-7-6-19(28)13-21(24)29/h6-7,12-15,17,20,31H,8-11,16H2,1-5H3. The Morgan fingerprint density at radius 1 is 1.14 bits per heavy atom. The van der Waals surface area contributed by atoms with E-state index in [2.05, 4.69) is 24.3 Å². The Kier molecular flexibility index (Phi) is 7.38. The van der Waals surface area contributed by atoms with Gasteiger partial charge < -0.3 is 19.7 Å². The first-order valence-corrected chi connectivity index (χ1v) is 12.4. The van der Waals surface area contributed by atoms with Gasteiger partial charge in [0.2, 0.25) is 0 Å². The number of benzene rings is 2. The molecular formula is C27H34F2N4O3. The number of rotatable bonds is 6. The molecule has 0 saturated carbocycles. The normalized spacial score (nSPS) is 14.9. The summed E-state index contributed by atoms with van der Waals surface area (Å²) in [5, 5.41) is 8.90. The molecule has 0 bridgehead atoms. The maximum atomic E-state index is 14.4. The summed E-state index contributed by atoms with van der Waals surface area (Å²) in [7, 11) is 0. The summed E-state index contributed by atoms with van der Waals surface area (Å²) >= 11 is 0. The van der Waals surface area contributed by atoms with Gasteiger partial charge >= 0.3 is 6.09 Å². The minimum absolute atomic E-state index is 0.0619. The molecule has 1 aliphatic rings. The zero-order chi connectivity index (χ0) is 26.0. The molecule has 1 fully saturated rings. The zero-order valence-electron chi connectivity index (χ0n) is 21.5. The van der Waals surface area contributed by atoms with Crippen LogP contribution in [0.3, 0.4) is 0 Å². The van der Waals surface area contributed by atoms with E-state index >= 15 is 0 Å². The minimum Gasteiger partial charge on any atom is -0.452 e. The number of ether oxygens (including phenoxy) is 2. The second-order valence-corrected chi connectivity index (χ2v) is 10.7. The number of carbonyl (C=O) groups is 1. The first-order chi connectivity index (χ1) is 17.0. The minimum atomic E-state index is -0.776. The second kappa shape index (κ2) is 10.3. The number of halogens is 2. The molecule has 0 atom stereocenters. The van der Waals surface area contributed by atoms with Crippen LogP contribution in [0.15, 0.2) is 36.5 Å². The van der Waals surface area contributed by atoms with E-state index in [1.165, 1.54) is 6.07 Å². The monoisotopic (exact) mass is 500 g/mol. The Bertz CT molecular complexity index is 1230. The lowest BCUT2D eigenvalue weighted by molar-refractivity contribution is 0.0210. The van der Waals surface area contributed by atoms with Crippen molar-refractivity contribution in [3.05, 3.63) is 48.2 Å². The van der Waals surface area contributed by atoms with E-state index in [1.807, 2.05) is 37.6 Å². The van der Waals surface area contributed by atoms with Crippen LogP contribution in [0.4, 0.5) is 19.3 Å². The van der Waals surface area contributed by atoms with Crippen molar-refractivity contribution in [2.45, 2.75) is 65.6 Å². The Labute approximate surface area is 210 Å². The SMILES string of the molecule is CC(C)Cn1ncc2cc(Oc3ccc(F)cc3F)c(NC3CCN(C(=O)OC(C)(C)C)CC3)cc21. The molecular weight excluding hydrogens is 466 g/mol. The van der Waals surface area contributed by atoms with Crippen LogP contribution in [0, 0.1) is 17.6 Å². The number of nitrogens with zero attached hydrogens (tertiary/aromatic N) is 3. The van der Waals surface area contributed by atoms with Gasteiger partial charge in [0.05, 0.1) is 17.4 Å². The number of likely N-dealkylation sites (tertiary alicyclic amines) is 1. The van der Waals surface area contributed by atoms with Gasteiger partial charge in [0.1, 0.15) is 11.4 Å². The van der Waals surface area contributed by atoms with Gasteiger partial charge in [-0.1, -0.05) is 13.8 Å². The maximum Gasteiger partial charge on any atom is 0.410 e. The Hall–Kier alpha value is -3.36. The predicted molar refractivity (Wildman–Crippen MR) is 135 cm³/mol. The zero-order valence-corrected chi connectivity index (χ0v) is 21.5. The van der Waals surface area contributed by atoms with Crippen molar-refractivity contribution < 1.29 is 23.0 Å². The van der Waals surface area contributed by atoms with Crippen molar-refractivity contribution >= 4 is 22.7 Å². The van der Waals surface area contributed by atoms with Crippen LogP contribution < -0.4 is 10.1 Å². The largest absolute Gasteiger partial charge is 0.452 e. The Morgan fingerprint density at radius 2 is 1.86 bits per heavy atom. The van der Waals surface area contributed by atoms with Crippen molar-refractivity contribution in [1.82, 2.24) is 14.7 Å². The van der Waals surface area contributed by atoms with Crippen LogP contribution in [0.25, 0.3) is 10.9 Å². The topological polar surface area (TPSA) is 68.6 Å². The van der Waals surface area contributed by atoms with Gasteiger partial charge in [0.15, 0.2) is 17.3 Å². The number of hydrogen-bond acceptors (Lipinski definition) is 5. The van der Waals surface area contributed by atoms with E-state index in [1.54, 1.807) is 11.1 Å². The van der Waals surface area contributed by atoms with Crippen molar-refractivity contribution in [3.63, 3.8) is 0 Å². The van der Waals surface area contributed by atoms with Gasteiger partial charge in [-0.3, -0.25) is 4.68 Å². The molecule has 0 aliphatic carbocycles. The van der Waals surface area contributed by atoms with E-state index in [9.17, 15) is 13.6 Å². The van der Waals surface area contributed by atoms with Crippen LogP contribution in [0.5, 0.6) is 11.5 Å². The molecule has 1 aliphatic heterocycles. The summed E-state index contributed by atoms with van der Waals surface area (Å²) in [6.45, 7) is 11.7. The molecule has 4 rings (SSSR count). The molecule has 1 saturated heterocycles. The number of nitrogens with one attached hydrogen (secondary N) is 1. The third-order valence-electron chi connectivity index (χ3n) is 5.90. The maximum absolute atomic E-state index is 14.4. The molecule has 2 heterocycles. The third-order valence-corrected chi connectivity index (χ3v) is 5.90. The fourth-order valence-electron chi connectivity index (χ4n) is 4.22. The number of carbonyl (C=O) groups excluding carboxylic acids is 1. The Morgan fingerprint density at radius 3 is 2.50 bits per heavy atom. The summed E-state index contributed by atoms with van der Waals surface area (Å²) in [6, 6.07) is 7.09. The number of anilines is 1. The van der Waals surface area contributed by atoms with Gasteiger partial charge in [-0.05, 0) is 63.8 Å². The molecule has 1 N–H and O–H groups in total. The fraction of sp³-hybridized carbons (Fsp3) is 0.481. The highest BCUT2D eigenvalue weighted by Crippen LogP contribution is 2.36. The van der Waals surface area contributed by atoms with Gasteiger partial charge in [-0.2, -0.15) is 5.10 Å². The van der Waals surface area contributed by atoms with Crippen molar-refractivity contribution in [3.8, 4) is 11.5 Å².